The van der Waals surface area contributed by atoms with Gasteiger partial charge >= 0.3 is 0 Å². The Labute approximate surface area is 167 Å². The minimum atomic E-state index is 0.221. The molecule has 1 N–H and O–H groups in total. The van der Waals surface area contributed by atoms with Gasteiger partial charge in [0.15, 0.2) is 0 Å². The standard InChI is InChI=1S/C24H29N3O/c1-17(2)20-9-6-7-18(3)24(20)27-13-11-26(12-14-27)23(28)15-19-16-25-22-10-5-4-8-21(19)22/h4-10,16-17,25H,11-15H2,1-3H3. The number of nitrogens with zero attached hydrogens (tertiary/aromatic N) is 2. The van der Waals surface area contributed by atoms with Crippen LogP contribution in [0, 0.1) is 6.92 Å². The Balaban J connectivity index is 1.44. The van der Waals surface area contributed by atoms with Crippen molar-refractivity contribution in [3.8, 4) is 0 Å². The van der Waals surface area contributed by atoms with Crippen LogP contribution in [0.2, 0.25) is 0 Å². The number of aryl methyl sites for hydroxylation is 1. The third-order valence-corrected chi connectivity index (χ3v) is 5.86. The topological polar surface area (TPSA) is 39.3 Å². The van der Waals surface area contributed by atoms with Gasteiger partial charge in [0.1, 0.15) is 0 Å². The highest BCUT2D eigenvalue weighted by Crippen LogP contribution is 2.31. The molecule has 0 atom stereocenters. The quantitative estimate of drug-likeness (QED) is 0.730. The Morgan fingerprint density at radius 3 is 2.54 bits per heavy atom. The van der Waals surface area contributed by atoms with E-state index in [9.17, 15) is 4.79 Å². The van der Waals surface area contributed by atoms with E-state index in [0.29, 0.717) is 12.3 Å². The monoisotopic (exact) mass is 375 g/mol. The van der Waals surface area contributed by atoms with Gasteiger partial charge in [0.05, 0.1) is 6.42 Å². The highest BCUT2D eigenvalue weighted by atomic mass is 16.2. The molecule has 0 saturated carbocycles. The molecule has 2 heterocycles. The first-order valence-electron chi connectivity index (χ1n) is 10.2. The van der Waals surface area contributed by atoms with Gasteiger partial charge in [-0.3, -0.25) is 4.79 Å². The van der Waals surface area contributed by atoms with Crippen LogP contribution >= 0.6 is 0 Å². The maximum absolute atomic E-state index is 12.9. The zero-order chi connectivity index (χ0) is 19.7. The predicted molar refractivity (Wildman–Crippen MR) is 116 cm³/mol. The average molecular weight is 376 g/mol. The smallest absolute Gasteiger partial charge is 0.227 e. The summed E-state index contributed by atoms with van der Waals surface area (Å²) in [6, 6.07) is 14.7. The summed E-state index contributed by atoms with van der Waals surface area (Å²) in [5.74, 6) is 0.717. The fraction of sp³-hybridized carbons (Fsp3) is 0.375. The average Bonchev–Trinajstić information content (AvgIpc) is 3.11. The second-order valence-corrected chi connectivity index (χ2v) is 8.07. The van der Waals surface area contributed by atoms with Crippen molar-refractivity contribution in [3.05, 3.63) is 65.4 Å². The maximum atomic E-state index is 12.9. The van der Waals surface area contributed by atoms with Crippen LogP contribution in [0.4, 0.5) is 5.69 Å². The van der Waals surface area contributed by atoms with Crippen LogP contribution in [0.3, 0.4) is 0 Å². The van der Waals surface area contributed by atoms with Crippen LogP contribution in [-0.4, -0.2) is 42.0 Å². The van der Waals surface area contributed by atoms with Gasteiger partial charge in [0, 0.05) is 49.0 Å². The zero-order valence-corrected chi connectivity index (χ0v) is 17.0. The molecule has 4 nitrogen and oxygen atoms in total. The van der Waals surface area contributed by atoms with E-state index in [2.05, 4.69) is 61.0 Å². The van der Waals surface area contributed by atoms with Gasteiger partial charge in [-0.1, -0.05) is 50.2 Å². The molecule has 0 spiro atoms. The first-order chi connectivity index (χ1) is 13.5. The molecule has 1 aliphatic heterocycles. The molecular formula is C24H29N3O. The Morgan fingerprint density at radius 2 is 1.79 bits per heavy atom. The number of aromatic amines is 1. The van der Waals surface area contributed by atoms with Gasteiger partial charge in [-0.05, 0) is 35.6 Å². The minimum Gasteiger partial charge on any atom is -0.368 e. The lowest BCUT2D eigenvalue weighted by atomic mass is 9.97. The van der Waals surface area contributed by atoms with Crippen molar-refractivity contribution in [3.63, 3.8) is 0 Å². The summed E-state index contributed by atoms with van der Waals surface area (Å²) < 4.78 is 0. The molecule has 1 amide bonds. The van der Waals surface area contributed by atoms with E-state index in [0.717, 1.165) is 42.6 Å². The Morgan fingerprint density at radius 1 is 1.04 bits per heavy atom. The fourth-order valence-corrected chi connectivity index (χ4v) is 4.31. The lowest BCUT2D eigenvalue weighted by Crippen LogP contribution is -2.49. The van der Waals surface area contributed by atoms with Crippen LogP contribution in [0.15, 0.2) is 48.7 Å². The van der Waals surface area contributed by atoms with E-state index in [4.69, 9.17) is 0 Å². The molecule has 3 aromatic rings. The number of carbonyl (C=O) groups is 1. The second-order valence-electron chi connectivity index (χ2n) is 8.07. The maximum Gasteiger partial charge on any atom is 0.227 e. The molecule has 0 aliphatic carbocycles. The lowest BCUT2D eigenvalue weighted by molar-refractivity contribution is -0.130. The number of benzene rings is 2. The molecule has 1 aromatic heterocycles. The molecule has 1 fully saturated rings. The second kappa shape index (κ2) is 7.70. The Bertz CT molecular complexity index is 980. The fourth-order valence-electron chi connectivity index (χ4n) is 4.31. The van der Waals surface area contributed by atoms with Crippen molar-refractivity contribution in [1.82, 2.24) is 9.88 Å². The van der Waals surface area contributed by atoms with Gasteiger partial charge in [-0.2, -0.15) is 0 Å². The number of rotatable bonds is 4. The molecule has 0 radical (unpaired) electrons. The van der Waals surface area contributed by atoms with Gasteiger partial charge in [0.2, 0.25) is 5.91 Å². The molecule has 0 bridgehead atoms. The van der Waals surface area contributed by atoms with E-state index in [1.54, 1.807) is 0 Å². The number of anilines is 1. The summed E-state index contributed by atoms with van der Waals surface area (Å²) in [5, 5.41) is 1.15. The van der Waals surface area contributed by atoms with Gasteiger partial charge < -0.3 is 14.8 Å². The molecule has 4 rings (SSSR count). The number of nitrogens with one attached hydrogen (secondary N) is 1. The number of hydrogen-bond donors (Lipinski definition) is 1. The summed E-state index contributed by atoms with van der Waals surface area (Å²) in [6.45, 7) is 10.0. The van der Waals surface area contributed by atoms with Crippen LogP contribution in [0.1, 0.15) is 36.5 Å². The number of carbonyl (C=O) groups excluding carboxylic acids is 1. The third kappa shape index (κ3) is 3.51. The van der Waals surface area contributed by atoms with E-state index < -0.39 is 0 Å². The first kappa shape index (κ1) is 18.6. The predicted octanol–water partition coefficient (Wildman–Crippen LogP) is 4.49. The number of amides is 1. The van der Waals surface area contributed by atoms with E-state index in [-0.39, 0.29) is 5.91 Å². The van der Waals surface area contributed by atoms with Crippen molar-refractivity contribution < 1.29 is 4.79 Å². The lowest BCUT2D eigenvalue weighted by Gasteiger charge is -2.38. The van der Waals surface area contributed by atoms with Crippen LogP contribution in [0.5, 0.6) is 0 Å². The number of piperazine rings is 1. The first-order valence-corrected chi connectivity index (χ1v) is 10.2. The summed E-state index contributed by atoms with van der Waals surface area (Å²) >= 11 is 0. The Kier molecular flexibility index (Phi) is 5.12. The Hall–Kier alpha value is -2.75. The summed E-state index contributed by atoms with van der Waals surface area (Å²) in [7, 11) is 0. The zero-order valence-electron chi connectivity index (χ0n) is 17.0. The van der Waals surface area contributed by atoms with Crippen LogP contribution in [0.25, 0.3) is 10.9 Å². The van der Waals surface area contributed by atoms with Crippen molar-refractivity contribution in [1.29, 1.82) is 0 Å². The van der Waals surface area contributed by atoms with Gasteiger partial charge in [-0.15, -0.1) is 0 Å². The van der Waals surface area contributed by atoms with Gasteiger partial charge in [-0.25, -0.2) is 0 Å². The molecule has 2 aromatic carbocycles. The molecule has 28 heavy (non-hydrogen) atoms. The molecule has 146 valence electrons. The number of fused-ring (bicyclic) bond motifs is 1. The number of hydrogen-bond acceptors (Lipinski definition) is 2. The van der Waals surface area contributed by atoms with E-state index >= 15 is 0 Å². The van der Waals surface area contributed by atoms with Crippen molar-refractivity contribution >= 4 is 22.5 Å². The minimum absolute atomic E-state index is 0.221. The van der Waals surface area contributed by atoms with Crippen LogP contribution < -0.4 is 4.90 Å². The van der Waals surface area contributed by atoms with Crippen molar-refractivity contribution in [2.24, 2.45) is 0 Å². The molecule has 4 heteroatoms. The highest BCUT2D eigenvalue weighted by Gasteiger charge is 2.24. The summed E-state index contributed by atoms with van der Waals surface area (Å²) in [5.41, 5.74) is 6.27. The van der Waals surface area contributed by atoms with Crippen molar-refractivity contribution in [2.75, 3.05) is 31.1 Å². The summed E-state index contributed by atoms with van der Waals surface area (Å²) in [4.78, 5) is 20.6. The van der Waals surface area contributed by atoms with Gasteiger partial charge in [0.25, 0.3) is 0 Å². The molecular weight excluding hydrogens is 346 g/mol. The number of para-hydroxylation sites is 2. The molecule has 0 unspecified atom stereocenters. The van der Waals surface area contributed by atoms with Crippen molar-refractivity contribution in [2.45, 2.75) is 33.1 Å². The largest absolute Gasteiger partial charge is 0.368 e. The van der Waals surface area contributed by atoms with E-state index in [1.165, 1.54) is 16.8 Å². The highest BCUT2D eigenvalue weighted by molar-refractivity contribution is 5.89. The van der Waals surface area contributed by atoms with Crippen LogP contribution in [-0.2, 0) is 11.2 Å². The number of aromatic nitrogens is 1. The summed E-state index contributed by atoms with van der Waals surface area (Å²) in [6.07, 6.45) is 2.44. The third-order valence-electron chi connectivity index (χ3n) is 5.86. The van der Waals surface area contributed by atoms with E-state index in [1.807, 2.05) is 23.2 Å². The normalized spacial score (nSPS) is 14.9. The number of H-pyrrole nitrogens is 1. The molecule has 1 saturated heterocycles. The SMILES string of the molecule is Cc1cccc(C(C)C)c1N1CCN(C(=O)Cc2c[nH]c3ccccc23)CC1. The molecule has 1 aliphatic rings.